The van der Waals surface area contributed by atoms with Gasteiger partial charge >= 0.3 is 6.18 Å². The van der Waals surface area contributed by atoms with Crippen molar-refractivity contribution >= 4 is 15.8 Å². The molecule has 0 aliphatic carbocycles. The van der Waals surface area contributed by atoms with Crippen LogP contribution in [0.15, 0.2) is 29.3 Å². The molecule has 1 aliphatic rings. The van der Waals surface area contributed by atoms with E-state index in [1.807, 2.05) is 6.92 Å². The average Bonchev–Trinajstić information content (AvgIpc) is 2.96. The lowest BCUT2D eigenvalue weighted by Gasteiger charge is -2.17. The Morgan fingerprint density at radius 3 is 2.67 bits per heavy atom. The normalized spacial score (nSPS) is 21.1. The fourth-order valence-corrected chi connectivity index (χ4v) is 4.95. The number of alkyl halides is 3. The molecule has 1 heterocycles. The van der Waals surface area contributed by atoms with Gasteiger partial charge in [-0.15, -0.1) is 0 Å². The highest BCUT2D eigenvalue weighted by molar-refractivity contribution is 7.91. The molecule has 0 saturated carbocycles. The molecule has 5 nitrogen and oxygen atoms in total. The summed E-state index contributed by atoms with van der Waals surface area (Å²) in [5.41, 5.74) is 0.00883. The SMILES string of the molecule is CN=C(NCCC(C)c1cccc(C(F)(F)F)c1)NCC1CCS(=O)(=O)C1. The summed E-state index contributed by atoms with van der Waals surface area (Å²) < 4.78 is 61.4. The molecule has 1 saturated heterocycles. The molecule has 1 aromatic carbocycles. The minimum absolute atomic E-state index is 0.0436. The van der Waals surface area contributed by atoms with Crippen molar-refractivity contribution in [2.24, 2.45) is 10.9 Å². The lowest BCUT2D eigenvalue weighted by atomic mass is 9.96. The van der Waals surface area contributed by atoms with E-state index in [9.17, 15) is 21.6 Å². The van der Waals surface area contributed by atoms with Crippen molar-refractivity contribution < 1.29 is 21.6 Å². The molecule has 0 amide bonds. The van der Waals surface area contributed by atoms with Crippen LogP contribution in [0.5, 0.6) is 0 Å². The maximum Gasteiger partial charge on any atom is 0.416 e. The molecule has 2 rings (SSSR count). The summed E-state index contributed by atoms with van der Waals surface area (Å²) in [5, 5.41) is 6.24. The van der Waals surface area contributed by atoms with Gasteiger partial charge in [-0.25, -0.2) is 8.42 Å². The number of sulfone groups is 1. The summed E-state index contributed by atoms with van der Waals surface area (Å²) in [7, 11) is -1.28. The molecule has 1 aliphatic heterocycles. The lowest BCUT2D eigenvalue weighted by Crippen LogP contribution is -2.40. The van der Waals surface area contributed by atoms with Crippen LogP contribution in [0.1, 0.15) is 36.8 Å². The number of rotatable bonds is 6. The molecule has 0 aromatic heterocycles. The van der Waals surface area contributed by atoms with Crippen molar-refractivity contribution in [3.8, 4) is 0 Å². The summed E-state index contributed by atoms with van der Waals surface area (Å²) in [5.74, 6) is 1.04. The van der Waals surface area contributed by atoms with E-state index in [-0.39, 0.29) is 23.3 Å². The van der Waals surface area contributed by atoms with Gasteiger partial charge in [0.15, 0.2) is 15.8 Å². The van der Waals surface area contributed by atoms with Gasteiger partial charge in [0.05, 0.1) is 17.1 Å². The van der Waals surface area contributed by atoms with Crippen molar-refractivity contribution in [3.05, 3.63) is 35.4 Å². The molecule has 2 N–H and O–H groups in total. The minimum atomic E-state index is -4.34. The quantitative estimate of drug-likeness (QED) is 0.564. The summed E-state index contributed by atoms with van der Waals surface area (Å²) in [6.45, 7) is 2.96. The van der Waals surface area contributed by atoms with Crippen LogP contribution in [-0.4, -0.2) is 46.0 Å². The molecule has 0 spiro atoms. The Bertz CT molecular complexity index is 763. The second-order valence-corrected chi connectivity index (χ2v) is 9.19. The first-order valence-electron chi connectivity index (χ1n) is 8.93. The number of benzene rings is 1. The number of hydrogen-bond acceptors (Lipinski definition) is 3. The van der Waals surface area contributed by atoms with Crippen LogP contribution in [-0.2, 0) is 16.0 Å². The molecule has 1 aromatic rings. The molecule has 9 heteroatoms. The maximum absolute atomic E-state index is 12.8. The van der Waals surface area contributed by atoms with E-state index in [1.165, 1.54) is 12.1 Å². The van der Waals surface area contributed by atoms with Gasteiger partial charge in [0.1, 0.15) is 0 Å². The number of aliphatic imine (C=N–C) groups is 1. The third-order valence-electron chi connectivity index (χ3n) is 4.76. The number of hydrogen-bond donors (Lipinski definition) is 2. The molecule has 27 heavy (non-hydrogen) atoms. The Morgan fingerprint density at radius 1 is 1.33 bits per heavy atom. The summed E-state index contributed by atoms with van der Waals surface area (Å²) in [4.78, 5) is 4.10. The molecule has 2 unspecified atom stereocenters. The van der Waals surface area contributed by atoms with Crippen LogP contribution >= 0.6 is 0 Å². The first-order valence-corrected chi connectivity index (χ1v) is 10.7. The highest BCUT2D eigenvalue weighted by Gasteiger charge is 2.30. The Kier molecular flexibility index (Phi) is 7.13. The third kappa shape index (κ3) is 6.71. The first-order chi connectivity index (χ1) is 12.6. The second-order valence-electron chi connectivity index (χ2n) is 6.96. The van der Waals surface area contributed by atoms with Gasteiger partial charge in [-0.1, -0.05) is 25.1 Å². The van der Waals surface area contributed by atoms with E-state index in [0.29, 0.717) is 37.5 Å². The first kappa shape index (κ1) is 21.5. The van der Waals surface area contributed by atoms with E-state index in [1.54, 1.807) is 13.1 Å². The Morgan fingerprint density at radius 2 is 2.07 bits per heavy atom. The van der Waals surface area contributed by atoms with Gasteiger partial charge in [-0.2, -0.15) is 13.2 Å². The van der Waals surface area contributed by atoms with E-state index < -0.39 is 21.6 Å². The molecule has 152 valence electrons. The van der Waals surface area contributed by atoms with Crippen LogP contribution < -0.4 is 10.6 Å². The van der Waals surface area contributed by atoms with E-state index >= 15 is 0 Å². The van der Waals surface area contributed by atoms with Crippen molar-refractivity contribution in [1.29, 1.82) is 0 Å². The third-order valence-corrected chi connectivity index (χ3v) is 6.60. The zero-order chi connectivity index (χ0) is 20.1. The zero-order valence-electron chi connectivity index (χ0n) is 15.5. The van der Waals surface area contributed by atoms with Crippen molar-refractivity contribution in [1.82, 2.24) is 10.6 Å². The zero-order valence-corrected chi connectivity index (χ0v) is 16.3. The fourth-order valence-electron chi connectivity index (χ4n) is 3.09. The molecular formula is C18H26F3N3O2S. The van der Waals surface area contributed by atoms with Gasteiger partial charge in [0.25, 0.3) is 0 Å². The van der Waals surface area contributed by atoms with Gasteiger partial charge < -0.3 is 10.6 Å². The van der Waals surface area contributed by atoms with Gasteiger partial charge in [-0.05, 0) is 36.3 Å². The highest BCUT2D eigenvalue weighted by Crippen LogP contribution is 2.31. The number of nitrogens with one attached hydrogen (secondary N) is 2. The van der Waals surface area contributed by atoms with E-state index in [0.717, 1.165) is 6.07 Å². The van der Waals surface area contributed by atoms with Gasteiger partial charge in [0, 0.05) is 20.1 Å². The molecule has 0 radical (unpaired) electrons. The molecule has 2 atom stereocenters. The standard InChI is InChI=1S/C18H26F3N3O2S/c1-13(15-4-3-5-16(10-15)18(19,20)21)6-8-23-17(22-2)24-11-14-7-9-27(25,26)12-14/h3-5,10,13-14H,6-9,11-12H2,1-2H3,(H2,22,23,24). The Balaban J connectivity index is 1.79. The Labute approximate surface area is 158 Å². The van der Waals surface area contributed by atoms with Crippen LogP contribution in [0.3, 0.4) is 0 Å². The predicted molar refractivity (Wildman–Crippen MR) is 101 cm³/mol. The van der Waals surface area contributed by atoms with Crippen LogP contribution in [0.25, 0.3) is 0 Å². The van der Waals surface area contributed by atoms with E-state index in [2.05, 4.69) is 15.6 Å². The van der Waals surface area contributed by atoms with Crippen LogP contribution in [0.2, 0.25) is 0 Å². The highest BCUT2D eigenvalue weighted by atomic mass is 32.2. The largest absolute Gasteiger partial charge is 0.416 e. The maximum atomic E-state index is 12.8. The molecule has 1 fully saturated rings. The number of guanidine groups is 1. The van der Waals surface area contributed by atoms with Gasteiger partial charge in [0.2, 0.25) is 0 Å². The van der Waals surface area contributed by atoms with Gasteiger partial charge in [-0.3, -0.25) is 4.99 Å². The summed E-state index contributed by atoms with van der Waals surface area (Å²) >= 11 is 0. The van der Waals surface area contributed by atoms with Crippen LogP contribution in [0, 0.1) is 5.92 Å². The predicted octanol–water partition coefficient (Wildman–Crippen LogP) is 2.80. The smallest absolute Gasteiger partial charge is 0.356 e. The van der Waals surface area contributed by atoms with E-state index in [4.69, 9.17) is 0 Å². The minimum Gasteiger partial charge on any atom is -0.356 e. The van der Waals surface area contributed by atoms with Crippen molar-refractivity contribution in [2.75, 3.05) is 31.6 Å². The average molecular weight is 405 g/mol. The summed E-state index contributed by atoms with van der Waals surface area (Å²) in [6.07, 6.45) is -3.05. The Hall–Kier alpha value is -1.77. The second kappa shape index (κ2) is 8.95. The van der Waals surface area contributed by atoms with Crippen molar-refractivity contribution in [2.45, 2.75) is 31.9 Å². The van der Waals surface area contributed by atoms with Crippen molar-refractivity contribution in [3.63, 3.8) is 0 Å². The number of halogens is 3. The lowest BCUT2D eigenvalue weighted by molar-refractivity contribution is -0.137. The fraction of sp³-hybridized carbons (Fsp3) is 0.611. The molecular weight excluding hydrogens is 379 g/mol. The molecule has 0 bridgehead atoms. The number of nitrogens with zero attached hydrogens (tertiary/aromatic N) is 1. The topological polar surface area (TPSA) is 70.6 Å². The van der Waals surface area contributed by atoms with Crippen LogP contribution in [0.4, 0.5) is 13.2 Å². The summed E-state index contributed by atoms with van der Waals surface area (Å²) in [6, 6.07) is 5.40. The monoisotopic (exact) mass is 405 g/mol.